The fourth-order valence-corrected chi connectivity index (χ4v) is 4.06. The molecule has 16 heavy (non-hydrogen) atoms. The predicted molar refractivity (Wildman–Crippen MR) is 70.6 cm³/mol. The van der Waals surface area contributed by atoms with Gasteiger partial charge < -0.3 is 0 Å². The van der Waals surface area contributed by atoms with Gasteiger partial charge in [0.15, 0.2) is 0 Å². The second-order valence-electron chi connectivity index (χ2n) is 4.96. The largest absolute Gasteiger partial charge is 0.271 e. The smallest absolute Gasteiger partial charge is 0.0931 e. The molecule has 0 bridgehead atoms. The van der Waals surface area contributed by atoms with E-state index in [1.165, 1.54) is 37.0 Å². The van der Waals surface area contributed by atoms with Gasteiger partial charge in [-0.2, -0.15) is 0 Å². The van der Waals surface area contributed by atoms with Gasteiger partial charge in [0.1, 0.15) is 0 Å². The van der Waals surface area contributed by atoms with Crippen LogP contribution in [-0.4, -0.2) is 0 Å². The zero-order valence-electron chi connectivity index (χ0n) is 9.63. The molecule has 1 saturated carbocycles. The van der Waals surface area contributed by atoms with Crippen LogP contribution in [-0.2, 0) is 0 Å². The third-order valence-corrected chi connectivity index (χ3v) is 5.03. The quantitative estimate of drug-likeness (QED) is 0.638. The molecule has 0 amide bonds. The highest BCUT2D eigenvalue weighted by Crippen LogP contribution is 2.47. The molecule has 3 N–H and O–H groups in total. The van der Waals surface area contributed by atoms with Gasteiger partial charge in [0.2, 0.25) is 0 Å². The molecule has 90 valence electrons. The van der Waals surface area contributed by atoms with E-state index >= 15 is 0 Å². The highest BCUT2D eigenvalue weighted by atomic mass is 35.5. The molecule has 4 heteroatoms. The lowest BCUT2D eigenvalue weighted by molar-refractivity contribution is 0.147. The summed E-state index contributed by atoms with van der Waals surface area (Å²) < 4.78 is 0.842. The molecule has 1 aromatic heterocycles. The molecule has 1 unspecified atom stereocenters. The molecule has 0 spiro atoms. The van der Waals surface area contributed by atoms with Crippen LogP contribution in [0.4, 0.5) is 0 Å². The van der Waals surface area contributed by atoms with E-state index in [2.05, 4.69) is 18.4 Å². The second-order valence-corrected chi connectivity index (χ2v) is 6.70. The van der Waals surface area contributed by atoms with Crippen molar-refractivity contribution in [3.63, 3.8) is 0 Å². The summed E-state index contributed by atoms with van der Waals surface area (Å²) in [6.07, 6.45) is 6.48. The molecular weight excluding hydrogens is 240 g/mol. The number of hydrogen-bond donors (Lipinski definition) is 2. The maximum Gasteiger partial charge on any atom is 0.0931 e. The Labute approximate surface area is 106 Å². The molecule has 1 atom stereocenters. The van der Waals surface area contributed by atoms with Crippen molar-refractivity contribution < 1.29 is 0 Å². The van der Waals surface area contributed by atoms with E-state index in [4.69, 9.17) is 17.4 Å². The summed E-state index contributed by atoms with van der Waals surface area (Å²) in [7, 11) is 0. The van der Waals surface area contributed by atoms with Gasteiger partial charge in [0.05, 0.1) is 10.4 Å². The Morgan fingerprint density at radius 1 is 1.38 bits per heavy atom. The van der Waals surface area contributed by atoms with Crippen LogP contribution in [0.3, 0.4) is 0 Å². The molecule has 0 saturated heterocycles. The fraction of sp³-hybridized carbons (Fsp3) is 0.667. The summed E-state index contributed by atoms with van der Waals surface area (Å²) in [6, 6.07) is 4.29. The lowest BCUT2D eigenvalue weighted by Gasteiger charge is -2.40. The molecular formula is C12H19ClN2S. The number of halogens is 1. The van der Waals surface area contributed by atoms with Gasteiger partial charge in [-0.1, -0.05) is 37.8 Å². The van der Waals surface area contributed by atoms with Crippen molar-refractivity contribution in [1.29, 1.82) is 0 Å². The molecule has 2 nitrogen and oxygen atoms in total. The standard InChI is InChI=1S/C12H19ClN2S/c1-12(7-3-2-4-8-12)11(15-14)9-5-6-10(13)16-9/h5-6,11,15H,2-4,7-8,14H2,1H3. The average molecular weight is 259 g/mol. The number of rotatable bonds is 3. The van der Waals surface area contributed by atoms with Gasteiger partial charge in [-0.05, 0) is 30.4 Å². The number of nitrogens with two attached hydrogens (primary N) is 1. The summed E-state index contributed by atoms with van der Waals surface area (Å²) in [5.74, 6) is 5.74. The van der Waals surface area contributed by atoms with Crippen molar-refractivity contribution >= 4 is 22.9 Å². The molecule has 0 aliphatic heterocycles. The first-order valence-electron chi connectivity index (χ1n) is 5.87. The molecule has 1 aliphatic rings. The summed E-state index contributed by atoms with van der Waals surface area (Å²) >= 11 is 7.63. The fourth-order valence-electron chi connectivity index (χ4n) is 2.76. The van der Waals surface area contributed by atoms with Crippen LogP contribution in [0, 0.1) is 5.41 Å². The lowest BCUT2D eigenvalue weighted by Crippen LogP contribution is -2.40. The Hall–Kier alpha value is -0.0900. The SMILES string of the molecule is CC1(C(NN)c2ccc(Cl)s2)CCCCC1. The van der Waals surface area contributed by atoms with E-state index in [-0.39, 0.29) is 11.5 Å². The Morgan fingerprint density at radius 2 is 2.06 bits per heavy atom. The predicted octanol–water partition coefficient (Wildman–Crippen LogP) is 3.88. The molecule has 0 radical (unpaired) electrons. The van der Waals surface area contributed by atoms with Crippen LogP contribution in [0.2, 0.25) is 4.34 Å². The molecule has 1 fully saturated rings. The van der Waals surface area contributed by atoms with Gasteiger partial charge in [-0.15, -0.1) is 11.3 Å². The van der Waals surface area contributed by atoms with Crippen molar-refractivity contribution in [3.8, 4) is 0 Å². The normalized spacial score (nSPS) is 21.9. The maximum absolute atomic E-state index is 6.00. The molecule has 2 rings (SSSR count). The Balaban J connectivity index is 2.20. The first-order chi connectivity index (χ1) is 7.65. The minimum atomic E-state index is 0.241. The summed E-state index contributed by atoms with van der Waals surface area (Å²) in [4.78, 5) is 1.26. The minimum Gasteiger partial charge on any atom is -0.271 e. The first-order valence-corrected chi connectivity index (χ1v) is 7.06. The van der Waals surface area contributed by atoms with Crippen LogP contribution >= 0.6 is 22.9 Å². The summed E-state index contributed by atoms with van der Waals surface area (Å²) in [5, 5.41) is 0. The lowest BCUT2D eigenvalue weighted by atomic mass is 9.70. The van der Waals surface area contributed by atoms with Crippen LogP contribution in [0.5, 0.6) is 0 Å². The second kappa shape index (κ2) is 5.05. The maximum atomic E-state index is 6.00. The number of hydrazine groups is 1. The Bertz CT molecular complexity index is 345. The average Bonchev–Trinajstić information content (AvgIpc) is 2.66. The number of nitrogens with one attached hydrogen (secondary N) is 1. The van der Waals surface area contributed by atoms with Gasteiger partial charge in [-0.3, -0.25) is 11.3 Å². The molecule has 1 heterocycles. The van der Waals surface area contributed by atoms with Gasteiger partial charge >= 0.3 is 0 Å². The van der Waals surface area contributed by atoms with Crippen LogP contribution in [0.15, 0.2) is 12.1 Å². The van der Waals surface area contributed by atoms with E-state index in [1.54, 1.807) is 11.3 Å². The van der Waals surface area contributed by atoms with Crippen molar-refractivity contribution in [3.05, 3.63) is 21.3 Å². The number of thiophene rings is 1. The molecule has 1 aliphatic carbocycles. The summed E-state index contributed by atoms with van der Waals surface area (Å²) in [6.45, 7) is 2.34. The third-order valence-electron chi connectivity index (χ3n) is 3.74. The van der Waals surface area contributed by atoms with E-state index in [0.29, 0.717) is 0 Å². The van der Waals surface area contributed by atoms with Crippen LogP contribution in [0.25, 0.3) is 0 Å². The topological polar surface area (TPSA) is 38.0 Å². The van der Waals surface area contributed by atoms with Crippen molar-refractivity contribution in [2.45, 2.75) is 45.1 Å². The third kappa shape index (κ3) is 2.43. The zero-order valence-corrected chi connectivity index (χ0v) is 11.2. The Morgan fingerprint density at radius 3 is 2.56 bits per heavy atom. The van der Waals surface area contributed by atoms with Crippen molar-refractivity contribution in [2.24, 2.45) is 11.3 Å². The van der Waals surface area contributed by atoms with Crippen LogP contribution < -0.4 is 11.3 Å². The highest BCUT2D eigenvalue weighted by molar-refractivity contribution is 7.16. The van der Waals surface area contributed by atoms with E-state index in [1.807, 2.05) is 6.07 Å². The summed E-state index contributed by atoms with van der Waals surface area (Å²) in [5.41, 5.74) is 3.27. The van der Waals surface area contributed by atoms with Gasteiger partial charge in [0.25, 0.3) is 0 Å². The number of hydrogen-bond acceptors (Lipinski definition) is 3. The van der Waals surface area contributed by atoms with Gasteiger partial charge in [-0.25, -0.2) is 0 Å². The first kappa shape index (κ1) is 12.4. The van der Waals surface area contributed by atoms with Crippen molar-refractivity contribution in [1.82, 2.24) is 5.43 Å². The molecule has 1 aromatic rings. The highest BCUT2D eigenvalue weighted by Gasteiger charge is 2.36. The van der Waals surface area contributed by atoms with E-state index in [9.17, 15) is 0 Å². The van der Waals surface area contributed by atoms with Crippen molar-refractivity contribution in [2.75, 3.05) is 0 Å². The zero-order chi connectivity index (χ0) is 11.6. The minimum absolute atomic E-state index is 0.241. The van der Waals surface area contributed by atoms with E-state index < -0.39 is 0 Å². The van der Waals surface area contributed by atoms with Crippen LogP contribution in [0.1, 0.15) is 49.9 Å². The molecule has 0 aromatic carbocycles. The van der Waals surface area contributed by atoms with Gasteiger partial charge in [0, 0.05) is 4.88 Å². The Kier molecular flexibility index (Phi) is 3.90. The monoisotopic (exact) mass is 258 g/mol. The van der Waals surface area contributed by atoms with E-state index in [0.717, 1.165) is 4.34 Å².